The second-order valence-electron chi connectivity index (χ2n) is 2.93. The van der Waals surface area contributed by atoms with Crippen molar-refractivity contribution >= 4 is 11.9 Å². The molecule has 0 saturated heterocycles. The summed E-state index contributed by atoms with van der Waals surface area (Å²) in [6.45, 7) is 3.54. The standard InChI is InChI=1S/C10H11NO4/c1-3-15-10(14)8-7(9(12)13)4-6(2)5-11-8/h4-5H,3H2,1-2H3,(H,12,13). The van der Waals surface area contributed by atoms with Gasteiger partial charge in [-0.05, 0) is 25.5 Å². The first-order valence-corrected chi connectivity index (χ1v) is 4.43. The molecule has 1 rings (SSSR count). The number of carbonyl (C=O) groups is 2. The SMILES string of the molecule is CCOC(=O)c1ncc(C)cc1C(=O)O. The van der Waals surface area contributed by atoms with Gasteiger partial charge in [0, 0.05) is 6.20 Å². The van der Waals surface area contributed by atoms with Gasteiger partial charge in [-0.2, -0.15) is 0 Å². The van der Waals surface area contributed by atoms with Gasteiger partial charge in [-0.25, -0.2) is 14.6 Å². The zero-order valence-corrected chi connectivity index (χ0v) is 8.48. The van der Waals surface area contributed by atoms with Crippen molar-refractivity contribution in [3.63, 3.8) is 0 Å². The maximum absolute atomic E-state index is 11.3. The highest BCUT2D eigenvalue weighted by Gasteiger charge is 2.19. The van der Waals surface area contributed by atoms with Crippen LogP contribution in [0.3, 0.4) is 0 Å². The normalized spacial score (nSPS) is 9.73. The number of carbonyl (C=O) groups excluding carboxylic acids is 1. The molecular weight excluding hydrogens is 198 g/mol. The van der Waals surface area contributed by atoms with Gasteiger partial charge >= 0.3 is 11.9 Å². The minimum Gasteiger partial charge on any atom is -0.478 e. The third-order valence-electron chi connectivity index (χ3n) is 1.72. The summed E-state index contributed by atoms with van der Waals surface area (Å²) in [6.07, 6.45) is 1.43. The number of aromatic carboxylic acids is 1. The Hall–Kier alpha value is -1.91. The molecule has 0 aliphatic rings. The Bertz CT molecular complexity index is 400. The van der Waals surface area contributed by atoms with Crippen LogP contribution in [0.2, 0.25) is 0 Å². The van der Waals surface area contributed by atoms with Gasteiger partial charge in [0.2, 0.25) is 0 Å². The largest absolute Gasteiger partial charge is 0.478 e. The van der Waals surface area contributed by atoms with Crippen LogP contribution < -0.4 is 0 Å². The van der Waals surface area contributed by atoms with E-state index >= 15 is 0 Å². The number of carboxylic acids is 1. The molecule has 0 spiro atoms. The predicted octanol–water partition coefficient (Wildman–Crippen LogP) is 1.26. The number of pyridine rings is 1. The maximum Gasteiger partial charge on any atom is 0.357 e. The summed E-state index contributed by atoms with van der Waals surface area (Å²) in [5.74, 6) is -1.90. The van der Waals surface area contributed by atoms with Crippen molar-refractivity contribution in [1.29, 1.82) is 0 Å². The molecular formula is C10H11NO4. The molecule has 1 aromatic rings. The van der Waals surface area contributed by atoms with E-state index in [0.717, 1.165) is 0 Å². The van der Waals surface area contributed by atoms with Crippen LogP contribution in [0.5, 0.6) is 0 Å². The molecule has 0 saturated carbocycles. The minimum atomic E-state index is -1.19. The number of nitrogens with zero attached hydrogens (tertiary/aromatic N) is 1. The minimum absolute atomic E-state index is 0.131. The van der Waals surface area contributed by atoms with E-state index in [0.29, 0.717) is 5.56 Å². The van der Waals surface area contributed by atoms with Crippen LogP contribution in [0.1, 0.15) is 33.3 Å². The molecule has 0 aliphatic heterocycles. The fourth-order valence-corrected chi connectivity index (χ4v) is 1.09. The molecule has 0 aliphatic carbocycles. The van der Waals surface area contributed by atoms with Gasteiger partial charge in [-0.1, -0.05) is 0 Å². The zero-order valence-electron chi connectivity index (χ0n) is 8.48. The molecule has 0 aromatic carbocycles. The Morgan fingerprint density at radius 1 is 1.53 bits per heavy atom. The van der Waals surface area contributed by atoms with Gasteiger partial charge in [0.05, 0.1) is 12.2 Å². The van der Waals surface area contributed by atoms with E-state index in [1.165, 1.54) is 12.3 Å². The summed E-state index contributed by atoms with van der Waals surface area (Å²) >= 11 is 0. The molecule has 1 heterocycles. The van der Waals surface area contributed by atoms with Crippen molar-refractivity contribution in [2.75, 3.05) is 6.61 Å². The van der Waals surface area contributed by atoms with E-state index in [4.69, 9.17) is 9.84 Å². The molecule has 0 unspecified atom stereocenters. The first-order valence-electron chi connectivity index (χ1n) is 4.43. The molecule has 0 atom stereocenters. The molecule has 5 nitrogen and oxygen atoms in total. The fourth-order valence-electron chi connectivity index (χ4n) is 1.09. The molecule has 5 heteroatoms. The number of esters is 1. The number of rotatable bonds is 3. The number of hydrogen-bond acceptors (Lipinski definition) is 4. The Balaban J connectivity index is 3.17. The lowest BCUT2D eigenvalue weighted by molar-refractivity contribution is 0.0507. The summed E-state index contributed by atoms with van der Waals surface area (Å²) in [7, 11) is 0. The van der Waals surface area contributed by atoms with Crippen LogP contribution in [0.25, 0.3) is 0 Å². The average Bonchev–Trinajstić information content (AvgIpc) is 2.17. The van der Waals surface area contributed by atoms with E-state index in [9.17, 15) is 9.59 Å². The number of hydrogen-bond donors (Lipinski definition) is 1. The highest BCUT2D eigenvalue weighted by molar-refractivity contribution is 6.00. The van der Waals surface area contributed by atoms with E-state index in [2.05, 4.69) is 4.98 Å². The molecule has 0 fully saturated rings. The number of aryl methyl sites for hydroxylation is 1. The lowest BCUT2D eigenvalue weighted by Gasteiger charge is -2.04. The zero-order chi connectivity index (χ0) is 11.4. The first kappa shape index (κ1) is 11.2. The van der Waals surface area contributed by atoms with Gasteiger partial charge in [0.25, 0.3) is 0 Å². The molecule has 0 bridgehead atoms. The van der Waals surface area contributed by atoms with Gasteiger partial charge in [0.15, 0.2) is 5.69 Å². The van der Waals surface area contributed by atoms with Gasteiger partial charge in [-0.3, -0.25) is 0 Å². The molecule has 0 amide bonds. The van der Waals surface area contributed by atoms with E-state index in [1.807, 2.05) is 0 Å². The fraction of sp³-hybridized carbons (Fsp3) is 0.300. The van der Waals surface area contributed by atoms with E-state index in [1.54, 1.807) is 13.8 Å². The Labute approximate surface area is 86.7 Å². The van der Waals surface area contributed by atoms with Crippen molar-refractivity contribution in [2.45, 2.75) is 13.8 Å². The number of ether oxygens (including phenoxy) is 1. The van der Waals surface area contributed by atoms with Crippen LogP contribution >= 0.6 is 0 Å². The maximum atomic E-state index is 11.3. The number of carboxylic acid groups (broad SMARTS) is 1. The second kappa shape index (κ2) is 4.54. The quantitative estimate of drug-likeness (QED) is 0.758. The first-order chi connectivity index (χ1) is 7.06. The summed E-state index contributed by atoms with van der Waals surface area (Å²) in [6, 6.07) is 1.39. The van der Waals surface area contributed by atoms with Crippen LogP contribution in [-0.2, 0) is 4.74 Å². The van der Waals surface area contributed by atoms with Crippen molar-refractivity contribution in [1.82, 2.24) is 4.98 Å². The van der Waals surface area contributed by atoms with Crippen molar-refractivity contribution < 1.29 is 19.4 Å². The molecule has 0 radical (unpaired) electrons. The van der Waals surface area contributed by atoms with Crippen molar-refractivity contribution in [2.24, 2.45) is 0 Å². The summed E-state index contributed by atoms with van der Waals surface area (Å²) in [5.41, 5.74) is 0.392. The predicted molar refractivity (Wildman–Crippen MR) is 51.9 cm³/mol. The van der Waals surface area contributed by atoms with Gasteiger partial charge < -0.3 is 9.84 Å². The molecule has 1 N–H and O–H groups in total. The van der Waals surface area contributed by atoms with E-state index < -0.39 is 11.9 Å². The van der Waals surface area contributed by atoms with Crippen LogP contribution in [0.4, 0.5) is 0 Å². The molecule has 1 aromatic heterocycles. The Kier molecular flexibility index (Phi) is 3.38. The van der Waals surface area contributed by atoms with Crippen molar-refractivity contribution in [3.8, 4) is 0 Å². The highest BCUT2D eigenvalue weighted by Crippen LogP contribution is 2.09. The summed E-state index contributed by atoms with van der Waals surface area (Å²) < 4.78 is 4.69. The summed E-state index contributed by atoms with van der Waals surface area (Å²) in [5, 5.41) is 8.86. The number of aromatic nitrogens is 1. The lowest BCUT2D eigenvalue weighted by Crippen LogP contribution is -2.14. The Morgan fingerprint density at radius 2 is 2.20 bits per heavy atom. The van der Waals surface area contributed by atoms with Gasteiger partial charge in [0.1, 0.15) is 0 Å². The average molecular weight is 209 g/mol. The van der Waals surface area contributed by atoms with Crippen molar-refractivity contribution in [3.05, 3.63) is 29.1 Å². The van der Waals surface area contributed by atoms with Crippen LogP contribution in [0.15, 0.2) is 12.3 Å². The molecule has 15 heavy (non-hydrogen) atoms. The van der Waals surface area contributed by atoms with Crippen LogP contribution in [-0.4, -0.2) is 28.6 Å². The highest BCUT2D eigenvalue weighted by atomic mass is 16.5. The monoisotopic (exact) mass is 209 g/mol. The second-order valence-corrected chi connectivity index (χ2v) is 2.93. The summed E-state index contributed by atoms with van der Waals surface area (Å²) in [4.78, 5) is 25.9. The Morgan fingerprint density at radius 3 is 2.73 bits per heavy atom. The van der Waals surface area contributed by atoms with Gasteiger partial charge in [-0.15, -0.1) is 0 Å². The smallest absolute Gasteiger partial charge is 0.357 e. The van der Waals surface area contributed by atoms with Crippen LogP contribution in [0, 0.1) is 6.92 Å². The lowest BCUT2D eigenvalue weighted by atomic mass is 10.1. The topological polar surface area (TPSA) is 76.5 Å². The third kappa shape index (κ3) is 2.52. The third-order valence-corrected chi connectivity index (χ3v) is 1.72. The van der Waals surface area contributed by atoms with E-state index in [-0.39, 0.29) is 17.9 Å². The molecule has 80 valence electrons.